The topological polar surface area (TPSA) is 90.9 Å². The third kappa shape index (κ3) is 4.28. The molecule has 1 aromatic rings. The fraction of sp³-hybridized carbons (Fsp3) is 0.500. The number of esters is 2. The molecule has 7 nitrogen and oxygen atoms in total. The van der Waals surface area contributed by atoms with Crippen LogP contribution in [0.15, 0.2) is 46.8 Å². The van der Waals surface area contributed by atoms with Gasteiger partial charge in [0.05, 0.1) is 19.8 Å². The van der Waals surface area contributed by atoms with E-state index in [-0.39, 0.29) is 17.8 Å². The van der Waals surface area contributed by atoms with E-state index >= 15 is 0 Å². The van der Waals surface area contributed by atoms with Crippen molar-refractivity contribution in [2.75, 3.05) is 14.2 Å². The van der Waals surface area contributed by atoms with Crippen LogP contribution in [0.4, 0.5) is 0 Å². The maximum absolute atomic E-state index is 13.7. The molecule has 176 valence electrons. The first-order valence-corrected chi connectivity index (χ1v) is 11.5. The first-order chi connectivity index (χ1) is 15.8. The Hall–Kier alpha value is -3.09. The Morgan fingerprint density at radius 1 is 1.06 bits per heavy atom. The molecule has 0 saturated heterocycles. The Labute approximate surface area is 194 Å². The fourth-order valence-electron chi connectivity index (χ4n) is 5.30. The van der Waals surface area contributed by atoms with Crippen LogP contribution in [0, 0.1) is 11.8 Å². The van der Waals surface area contributed by atoms with E-state index < -0.39 is 23.8 Å². The molecule has 0 amide bonds. The molecule has 0 unspecified atom stereocenters. The number of carbonyl (C=O) groups excluding carboxylic acids is 3. The molecule has 3 atom stereocenters. The molecule has 33 heavy (non-hydrogen) atoms. The number of Topliss-reactive ketones (excluding diaryl/α,β-unsaturated/α-hetero) is 1. The van der Waals surface area contributed by atoms with Crippen molar-refractivity contribution in [1.29, 1.82) is 0 Å². The molecule has 1 N–H and O–H groups in total. The molecular formula is C26H31NO6. The molecule has 1 fully saturated rings. The van der Waals surface area contributed by atoms with Crippen molar-refractivity contribution >= 4 is 17.7 Å². The molecule has 0 radical (unpaired) electrons. The summed E-state index contributed by atoms with van der Waals surface area (Å²) in [4.78, 5) is 39.6. The van der Waals surface area contributed by atoms with Gasteiger partial charge >= 0.3 is 11.9 Å². The lowest BCUT2D eigenvalue weighted by Crippen LogP contribution is -2.43. The zero-order chi connectivity index (χ0) is 23.7. The molecule has 3 aliphatic rings. The molecule has 1 saturated carbocycles. The minimum Gasteiger partial charge on any atom is -0.497 e. The SMILES string of the molecule is COC(=O)[C@H]1C(=O)C2=C(C[C@@H]1C)NC(C)=C(C(=O)OC1CCCC1)[C@@H]2c1ccc(OC)cc1. The first-order valence-electron chi connectivity index (χ1n) is 11.5. The van der Waals surface area contributed by atoms with Gasteiger partial charge < -0.3 is 19.5 Å². The quantitative estimate of drug-likeness (QED) is 0.536. The van der Waals surface area contributed by atoms with Crippen molar-refractivity contribution in [2.24, 2.45) is 11.8 Å². The summed E-state index contributed by atoms with van der Waals surface area (Å²) in [6.45, 7) is 3.71. The number of dihydropyridines is 1. The van der Waals surface area contributed by atoms with Gasteiger partial charge in [-0.15, -0.1) is 0 Å². The van der Waals surface area contributed by atoms with Crippen LogP contribution in [-0.4, -0.2) is 38.0 Å². The predicted octanol–water partition coefficient (Wildman–Crippen LogP) is 3.79. The fourth-order valence-corrected chi connectivity index (χ4v) is 5.30. The third-order valence-corrected chi connectivity index (χ3v) is 6.99. The van der Waals surface area contributed by atoms with Crippen molar-refractivity contribution in [1.82, 2.24) is 5.32 Å². The van der Waals surface area contributed by atoms with Gasteiger partial charge in [0.1, 0.15) is 17.8 Å². The highest BCUT2D eigenvalue weighted by molar-refractivity contribution is 6.12. The van der Waals surface area contributed by atoms with Gasteiger partial charge in [0, 0.05) is 22.9 Å². The van der Waals surface area contributed by atoms with Gasteiger partial charge in [-0.1, -0.05) is 19.1 Å². The third-order valence-electron chi connectivity index (χ3n) is 6.99. The summed E-state index contributed by atoms with van der Waals surface area (Å²) in [5, 5.41) is 3.30. The Morgan fingerprint density at radius 2 is 1.73 bits per heavy atom. The molecule has 1 heterocycles. The molecule has 2 aliphatic carbocycles. The lowest BCUT2D eigenvalue weighted by molar-refractivity contribution is -0.151. The monoisotopic (exact) mass is 453 g/mol. The van der Waals surface area contributed by atoms with E-state index in [2.05, 4.69) is 5.32 Å². The molecule has 0 spiro atoms. The van der Waals surface area contributed by atoms with E-state index in [0.29, 0.717) is 29.0 Å². The maximum Gasteiger partial charge on any atom is 0.337 e. The lowest BCUT2D eigenvalue weighted by Gasteiger charge is -2.38. The largest absolute Gasteiger partial charge is 0.497 e. The van der Waals surface area contributed by atoms with Crippen LogP contribution in [0.2, 0.25) is 0 Å². The number of carbonyl (C=O) groups is 3. The van der Waals surface area contributed by atoms with Crippen LogP contribution in [-0.2, 0) is 23.9 Å². The summed E-state index contributed by atoms with van der Waals surface area (Å²) in [6, 6.07) is 7.32. The minimum absolute atomic E-state index is 0.102. The number of nitrogens with one attached hydrogen (secondary N) is 1. The molecule has 1 aromatic carbocycles. The number of benzene rings is 1. The van der Waals surface area contributed by atoms with Gasteiger partial charge in [-0.2, -0.15) is 0 Å². The second-order valence-corrected chi connectivity index (χ2v) is 9.12. The van der Waals surface area contributed by atoms with Crippen molar-refractivity contribution in [3.8, 4) is 5.75 Å². The van der Waals surface area contributed by atoms with Gasteiger partial charge in [0.25, 0.3) is 0 Å². The lowest BCUT2D eigenvalue weighted by atomic mass is 9.69. The van der Waals surface area contributed by atoms with E-state index in [9.17, 15) is 14.4 Å². The number of hydrogen-bond donors (Lipinski definition) is 1. The van der Waals surface area contributed by atoms with Crippen molar-refractivity contribution < 1.29 is 28.6 Å². The first kappa shape index (κ1) is 23.1. The second kappa shape index (κ2) is 9.41. The van der Waals surface area contributed by atoms with Gasteiger partial charge in [-0.3, -0.25) is 9.59 Å². The minimum atomic E-state index is -0.901. The number of allylic oxidation sites excluding steroid dienone is 3. The van der Waals surface area contributed by atoms with Gasteiger partial charge in [-0.05, 0) is 62.6 Å². The van der Waals surface area contributed by atoms with Crippen molar-refractivity contribution in [3.05, 3.63) is 52.4 Å². The van der Waals surface area contributed by atoms with Crippen LogP contribution in [0.3, 0.4) is 0 Å². The average molecular weight is 454 g/mol. The summed E-state index contributed by atoms with van der Waals surface area (Å²) in [7, 11) is 2.88. The summed E-state index contributed by atoms with van der Waals surface area (Å²) < 4.78 is 16.1. The number of hydrogen-bond acceptors (Lipinski definition) is 7. The number of ether oxygens (including phenoxy) is 3. The average Bonchev–Trinajstić information content (AvgIpc) is 3.30. The van der Waals surface area contributed by atoms with Gasteiger partial charge in [-0.25, -0.2) is 4.79 Å². The van der Waals surface area contributed by atoms with Crippen LogP contribution in [0.1, 0.15) is 57.4 Å². The smallest absolute Gasteiger partial charge is 0.337 e. The molecular weight excluding hydrogens is 422 g/mol. The molecule has 7 heteroatoms. The highest BCUT2D eigenvalue weighted by atomic mass is 16.5. The summed E-state index contributed by atoms with van der Waals surface area (Å²) >= 11 is 0. The van der Waals surface area contributed by atoms with Crippen molar-refractivity contribution in [3.63, 3.8) is 0 Å². The van der Waals surface area contributed by atoms with E-state index in [1.54, 1.807) is 19.2 Å². The Morgan fingerprint density at radius 3 is 2.33 bits per heavy atom. The second-order valence-electron chi connectivity index (χ2n) is 9.12. The normalized spacial score (nSPS) is 25.5. The standard InChI is InChI=1S/C26H31NO6/c1-14-13-19-23(24(28)20(14)25(29)32-4)22(16-9-11-17(31-3)12-10-16)21(15(2)27-19)26(30)33-18-7-5-6-8-18/h9-12,14,18,20,22,27H,5-8,13H2,1-4H3/t14-,20+,22-/m0/s1. The molecule has 0 bridgehead atoms. The van der Waals surface area contributed by atoms with Crippen LogP contribution in [0.25, 0.3) is 0 Å². The Bertz CT molecular complexity index is 1020. The van der Waals surface area contributed by atoms with Crippen LogP contribution < -0.4 is 10.1 Å². The summed E-state index contributed by atoms with van der Waals surface area (Å²) in [5.74, 6) is -2.34. The van der Waals surface area contributed by atoms with E-state index in [0.717, 1.165) is 36.9 Å². The van der Waals surface area contributed by atoms with E-state index in [1.165, 1.54) is 7.11 Å². The van der Waals surface area contributed by atoms with Gasteiger partial charge in [0.15, 0.2) is 5.78 Å². The molecule has 4 rings (SSSR count). The van der Waals surface area contributed by atoms with Gasteiger partial charge in [0.2, 0.25) is 0 Å². The number of methoxy groups -OCH3 is 2. The molecule has 0 aromatic heterocycles. The van der Waals surface area contributed by atoms with E-state index in [1.807, 2.05) is 26.0 Å². The zero-order valence-electron chi connectivity index (χ0n) is 19.6. The maximum atomic E-state index is 13.7. The summed E-state index contributed by atoms with van der Waals surface area (Å²) in [5.41, 5.74) is 3.06. The predicted molar refractivity (Wildman–Crippen MR) is 121 cm³/mol. The highest BCUT2D eigenvalue weighted by Gasteiger charge is 2.47. The highest BCUT2D eigenvalue weighted by Crippen LogP contribution is 2.46. The van der Waals surface area contributed by atoms with Crippen molar-refractivity contribution in [2.45, 2.75) is 58.0 Å². The van der Waals surface area contributed by atoms with Crippen LogP contribution >= 0.6 is 0 Å². The number of rotatable bonds is 5. The zero-order valence-corrected chi connectivity index (χ0v) is 19.6. The summed E-state index contributed by atoms with van der Waals surface area (Å²) in [6.07, 6.45) is 4.21. The Kier molecular flexibility index (Phi) is 6.58. The van der Waals surface area contributed by atoms with Crippen LogP contribution in [0.5, 0.6) is 5.75 Å². The number of ketones is 1. The Balaban J connectivity index is 1.79. The van der Waals surface area contributed by atoms with E-state index in [4.69, 9.17) is 14.2 Å². The molecule has 1 aliphatic heterocycles.